The maximum absolute atomic E-state index is 15.3. The van der Waals surface area contributed by atoms with Crippen LogP contribution in [0.2, 0.25) is 0 Å². The number of anilines is 3. The van der Waals surface area contributed by atoms with Gasteiger partial charge in [0.2, 0.25) is 5.88 Å². The first-order valence-corrected chi connectivity index (χ1v) is 11.8. The van der Waals surface area contributed by atoms with Crippen LogP contribution in [0.25, 0.3) is 0 Å². The summed E-state index contributed by atoms with van der Waals surface area (Å²) in [5, 5.41) is 9.23. The molecule has 0 radical (unpaired) electrons. The highest BCUT2D eigenvalue weighted by Gasteiger charge is 2.46. The summed E-state index contributed by atoms with van der Waals surface area (Å²) in [5.74, 6) is -0.455. The third kappa shape index (κ3) is 6.48. The normalized spacial score (nSPS) is 17.1. The number of ether oxygens (including phenoxy) is 1. The van der Waals surface area contributed by atoms with Crippen molar-refractivity contribution in [1.29, 1.82) is 0 Å². The van der Waals surface area contributed by atoms with Crippen molar-refractivity contribution < 1.29 is 23.2 Å². The molecular weight excluding hydrogens is 439 g/mol. The molecule has 1 aromatic carbocycles. The molecular formula is C25H35FN4O4. The molecule has 1 saturated carbocycles. The molecule has 0 saturated heterocycles. The third-order valence-electron chi connectivity index (χ3n) is 5.52. The zero-order valence-electron chi connectivity index (χ0n) is 20.8. The molecule has 2 atom stereocenters. The first-order valence-electron chi connectivity index (χ1n) is 11.8. The van der Waals surface area contributed by atoms with Gasteiger partial charge in [0.05, 0.1) is 29.6 Å². The molecule has 186 valence electrons. The molecule has 3 rings (SSSR count). The number of halogens is 1. The lowest BCUT2D eigenvalue weighted by Crippen LogP contribution is -2.33. The van der Waals surface area contributed by atoms with E-state index in [4.69, 9.17) is 9.26 Å². The molecule has 0 unspecified atom stereocenters. The number of rotatable bonds is 10. The molecule has 1 aromatic heterocycles. The van der Waals surface area contributed by atoms with Crippen LogP contribution in [0.15, 0.2) is 22.7 Å². The van der Waals surface area contributed by atoms with Gasteiger partial charge in [-0.3, -0.25) is 10.1 Å². The number of benzene rings is 1. The van der Waals surface area contributed by atoms with Crippen molar-refractivity contribution in [3.8, 4) is 0 Å². The number of aromatic nitrogens is 1. The van der Waals surface area contributed by atoms with Crippen molar-refractivity contribution in [3.63, 3.8) is 0 Å². The lowest BCUT2D eigenvalue weighted by Gasteiger charge is -2.31. The lowest BCUT2D eigenvalue weighted by atomic mass is 10.0. The van der Waals surface area contributed by atoms with E-state index < -0.39 is 6.03 Å². The summed E-state index contributed by atoms with van der Waals surface area (Å²) >= 11 is 0. The van der Waals surface area contributed by atoms with Crippen molar-refractivity contribution in [2.24, 2.45) is 17.8 Å². The van der Waals surface area contributed by atoms with E-state index in [0.717, 1.165) is 0 Å². The Balaban J connectivity index is 1.93. The maximum atomic E-state index is 15.3. The predicted octanol–water partition coefficient (Wildman–Crippen LogP) is 5.55. The Kier molecular flexibility index (Phi) is 8.17. The highest BCUT2D eigenvalue weighted by molar-refractivity contribution is 6.01. The summed E-state index contributed by atoms with van der Waals surface area (Å²) in [5.41, 5.74) is 2.11. The van der Waals surface area contributed by atoms with Crippen molar-refractivity contribution >= 4 is 29.3 Å². The van der Waals surface area contributed by atoms with Crippen molar-refractivity contribution in [2.45, 2.75) is 53.9 Å². The minimum atomic E-state index is -0.526. The standard InChI is InChI=1S/C25H35FN4O4/c1-7-33-24(31)19-9-17(19)18-10-21(27-25(32)28-23-8-16(6)29-34-23)22(11-20(18)26)30(12-14(2)3)13-15(4)5/h8,10-11,14-15,17,19H,7,9,12-13H2,1-6H3,(H2,27,28,32)/t17-,19-/m1/s1. The zero-order chi connectivity index (χ0) is 25.0. The van der Waals surface area contributed by atoms with Gasteiger partial charge in [-0.25, -0.2) is 9.18 Å². The summed E-state index contributed by atoms with van der Waals surface area (Å²) in [6.45, 7) is 13.6. The Morgan fingerprint density at radius 1 is 1.18 bits per heavy atom. The molecule has 2 aromatic rings. The van der Waals surface area contributed by atoms with Gasteiger partial charge in [-0.1, -0.05) is 32.9 Å². The quantitative estimate of drug-likeness (QED) is 0.438. The molecule has 0 bridgehead atoms. The van der Waals surface area contributed by atoms with Gasteiger partial charge < -0.3 is 19.5 Å². The number of amides is 2. The van der Waals surface area contributed by atoms with Gasteiger partial charge in [-0.05, 0) is 49.8 Å². The number of aryl methyl sites for hydroxylation is 1. The van der Waals surface area contributed by atoms with Gasteiger partial charge in [-0.15, -0.1) is 0 Å². The third-order valence-corrected chi connectivity index (χ3v) is 5.52. The second-order valence-corrected chi connectivity index (χ2v) is 9.70. The highest BCUT2D eigenvalue weighted by atomic mass is 19.1. The minimum Gasteiger partial charge on any atom is -0.466 e. The van der Waals surface area contributed by atoms with Crippen LogP contribution in [-0.2, 0) is 9.53 Å². The van der Waals surface area contributed by atoms with Crippen LogP contribution < -0.4 is 15.5 Å². The fraction of sp³-hybridized carbons (Fsp3) is 0.560. The number of carbonyl (C=O) groups excluding carboxylic acids is 2. The van der Waals surface area contributed by atoms with Crippen LogP contribution >= 0.6 is 0 Å². The fourth-order valence-electron chi connectivity index (χ4n) is 4.11. The fourth-order valence-corrected chi connectivity index (χ4v) is 4.11. The minimum absolute atomic E-state index is 0.213. The molecule has 1 fully saturated rings. The largest absolute Gasteiger partial charge is 0.466 e. The molecule has 8 nitrogen and oxygen atoms in total. The molecule has 1 aliphatic rings. The monoisotopic (exact) mass is 474 g/mol. The second kappa shape index (κ2) is 10.9. The molecule has 9 heteroatoms. The van der Waals surface area contributed by atoms with Crippen molar-refractivity contribution in [3.05, 3.63) is 35.3 Å². The van der Waals surface area contributed by atoms with Crippen molar-refractivity contribution in [1.82, 2.24) is 5.16 Å². The Labute approximate surface area is 200 Å². The number of urea groups is 1. The van der Waals surface area contributed by atoms with E-state index in [1.54, 1.807) is 26.0 Å². The van der Waals surface area contributed by atoms with Crippen LogP contribution in [0.3, 0.4) is 0 Å². The molecule has 2 amide bonds. The van der Waals surface area contributed by atoms with E-state index in [-0.39, 0.29) is 36.1 Å². The second-order valence-electron chi connectivity index (χ2n) is 9.70. The van der Waals surface area contributed by atoms with E-state index >= 15 is 4.39 Å². The van der Waals surface area contributed by atoms with Crippen LogP contribution in [-0.4, -0.2) is 36.9 Å². The number of hydrogen-bond acceptors (Lipinski definition) is 6. The summed E-state index contributed by atoms with van der Waals surface area (Å²) in [4.78, 5) is 27.0. The summed E-state index contributed by atoms with van der Waals surface area (Å²) < 4.78 is 25.5. The molecule has 0 aliphatic heterocycles. The Morgan fingerprint density at radius 2 is 1.85 bits per heavy atom. The van der Waals surface area contributed by atoms with E-state index in [2.05, 4.69) is 48.4 Å². The molecule has 34 heavy (non-hydrogen) atoms. The van der Waals surface area contributed by atoms with Gasteiger partial charge >= 0.3 is 12.0 Å². The number of esters is 1. The maximum Gasteiger partial charge on any atom is 0.326 e. The van der Waals surface area contributed by atoms with Gasteiger partial charge in [-0.2, -0.15) is 0 Å². The van der Waals surface area contributed by atoms with Gasteiger partial charge in [0.25, 0.3) is 0 Å². The first kappa shape index (κ1) is 25.5. The average molecular weight is 475 g/mol. The molecule has 1 aliphatic carbocycles. The number of carbonyl (C=O) groups is 2. The topological polar surface area (TPSA) is 96.7 Å². The summed E-state index contributed by atoms with van der Waals surface area (Å²) in [6.07, 6.45) is 0.528. The van der Waals surface area contributed by atoms with Gasteiger partial charge in [0.15, 0.2) is 0 Å². The van der Waals surface area contributed by atoms with Gasteiger partial charge in [0.1, 0.15) is 5.82 Å². The van der Waals surface area contributed by atoms with E-state index in [1.165, 1.54) is 6.07 Å². The first-order chi connectivity index (χ1) is 16.1. The number of nitrogens with zero attached hydrogens (tertiary/aromatic N) is 2. The smallest absolute Gasteiger partial charge is 0.326 e. The van der Waals surface area contributed by atoms with Crippen LogP contribution in [0.5, 0.6) is 0 Å². The average Bonchev–Trinajstić information content (AvgIpc) is 3.43. The SMILES string of the molecule is CCOC(=O)[C@@H]1C[C@@H]1c1cc(NC(=O)Nc2cc(C)no2)c(N(CC(C)C)CC(C)C)cc1F. The highest BCUT2D eigenvalue weighted by Crippen LogP contribution is 2.50. The lowest BCUT2D eigenvalue weighted by molar-refractivity contribution is -0.144. The van der Waals surface area contributed by atoms with Crippen LogP contribution in [0.4, 0.5) is 26.4 Å². The van der Waals surface area contributed by atoms with Gasteiger partial charge in [0, 0.05) is 25.1 Å². The summed E-state index contributed by atoms with van der Waals surface area (Å²) in [7, 11) is 0. The number of nitrogens with one attached hydrogen (secondary N) is 2. The Hall–Kier alpha value is -3.10. The predicted molar refractivity (Wildman–Crippen MR) is 130 cm³/mol. The zero-order valence-corrected chi connectivity index (χ0v) is 20.8. The Morgan fingerprint density at radius 3 is 2.41 bits per heavy atom. The van der Waals surface area contributed by atoms with E-state index in [1.807, 2.05) is 0 Å². The Bertz CT molecular complexity index is 1010. The molecule has 1 heterocycles. The molecule has 2 N–H and O–H groups in total. The summed E-state index contributed by atoms with van der Waals surface area (Å²) in [6, 6.07) is 4.19. The molecule has 0 spiro atoms. The van der Waals surface area contributed by atoms with Crippen LogP contribution in [0, 0.1) is 30.5 Å². The van der Waals surface area contributed by atoms with Crippen LogP contribution in [0.1, 0.15) is 58.2 Å². The number of hydrogen-bond donors (Lipinski definition) is 2. The van der Waals surface area contributed by atoms with Crippen molar-refractivity contribution in [2.75, 3.05) is 35.2 Å². The van der Waals surface area contributed by atoms with E-state index in [9.17, 15) is 9.59 Å². The van der Waals surface area contributed by atoms with E-state index in [0.29, 0.717) is 54.0 Å².